The van der Waals surface area contributed by atoms with Gasteiger partial charge in [0.25, 0.3) is 0 Å². The second-order valence-corrected chi connectivity index (χ2v) is 8.11. The third-order valence-corrected chi connectivity index (χ3v) is 4.11. The molecule has 0 amide bonds. The SMILES string of the molecule is CC(C)(CNCc1cnc2cnc(Br)cn12)NS(C)(=O)=O. The van der Waals surface area contributed by atoms with Crippen LogP contribution >= 0.6 is 15.9 Å². The Balaban J connectivity index is 2.01. The summed E-state index contributed by atoms with van der Waals surface area (Å²) < 4.78 is 27.8. The van der Waals surface area contributed by atoms with E-state index in [-0.39, 0.29) is 0 Å². The van der Waals surface area contributed by atoms with Crippen LogP contribution < -0.4 is 10.0 Å². The summed E-state index contributed by atoms with van der Waals surface area (Å²) in [5, 5.41) is 3.24. The van der Waals surface area contributed by atoms with Gasteiger partial charge in [0.15, 0.2) is 5.65 Å². The Morgan fingerprint density at radius 2 is 2.05 bits per heavy atom. The van der Waals surface area contributed by atoms with E-state index in [0.717, 1.165) is 22.2 Å². The van der Waals surface area contributed by atoms with Crippen LogP contribution in [0.3, 0.4) is 0 Å². The van der Waals surface area contributed by atoms with Crippen LogP contribution in [0, 0.1) is 0 Å². The Bertz CT molecular complexity index is 741. The van der Waals surface area contributed by atoms with Gasteiger partial charge in [-0.1, -0.05) is 0 Å². The van der Waals surface area contributed by atoms with Gasteiger partial charge in [0.05, 0.1) is 24.3 Å². The first-order valence-electron chi connectivity index (χ1n) is 6.33. The Hall–Kier alpha value is -1.03. The van der Waals surface area contributed by atoms with E-state index >= 15 is 0 Å². The molecule has 0 aromatic carbocycles. The summed E-state index contributed by atoms with van der Waals surface area (Å²) in [5.74, 6) is 0. The highest BCUT2D eigenvalue weighted by molar-refractivity contribution is 9.10. The summed E-state index contributed by atoms with van der Waals surface area (Å²) in [4.78, 5) is 8.38. The molecule has 0 aliphatic carbocycles. The van der Waals surface area contributed by atoms with E-state index in [4.69, 9.17) is 0 Å². The number of fused-ring (bicyclic) bond motifs is 1. The lowest BCUT2D eigenvalue weighted by Crippen LogP contribution is -2.49. The minimum Gasteiger partial charge on any atom is -0.309 e. The number of hydrogen-bond acceptors (Lipinski definition) is 5. The van der Waals surface area contributed by atoms with E-state index in [9.17, 15) is 8.42 Å². The number of nitrogens with one attached hydrogen (secondary N) is 2. The van der Waals surface area contributed by atoms with E-state index in [1.165, 1.54) is 0 Å². The van der Waals surface area contributed by atoms with Gasteiger partial charge in [-0.15, -0.1) is 0 Å². The molecular formula is C12H18BrN5O2S. The summed E-state index contributed by atoms with van der Waals surface area (Å²) in [7, 11) is -3.23. The molecule has 0 radical (unpaired) electrons. The number of nitrogens with zero attached hydrogens (tertiary/aromatic N) is 3. The van der Waals surface area contributed by atoms with Gasteiger partial charge in [0.2, 0.25) is 10.0 Å². The number of imidazole rings is 1. The van der Waals surface area contributed by atoms with Crippen molar-refractivity contribution < 1.29 is 8.42 Å². The van der Waals surface area contributed by atoms with Crippen molar-refractivity contribution in [3.63, 3.8) is 0 Å². The number of halogens is 1. The zero-order valence-electron chi connectivity index (χ0n) is 12.1. The second kappa shape index (κ2) is 5.99. The van der Waals surface area contributed by atoms with Crippen molar-refractivity contribution in [3.05, 3.63) is 28.9 Å². The molecule has 2 rings (SSSR count). The fraction of sp³-hybridized carbons (Fsp3) is 0.500. The van der Waals surface area contributed by atoms with Gasteiger partial charge in [-0.3, -0.25) is 4.40 Å². The van der Waals surface area contributed by atoms with E-state index in [0.29, 0.717) is 13.1 Å². The molecule has 9 heteroatoms. The summed E-state index contributed by atoms with van der Waals surface area (Å²) in [6, 6.07) is 0. The van der Waals surface area contributed by atoms with Gasteiger partial charge in [0.1, 0.15) is 4.60 Å². The third kappa shape index (κ3) is 4.73. The van der Waals surface area contributed by atoms with Crippen LogP contribution in [0.15, 0.2) is 23.2 Å². The van der Waals surface area contributed by atoms with Crippen LogP contribution in [0.5, 0.6) is 0 Å². The number of hydrogen-bond donors (Lipinski definition) is 2. The van der Waals surface area contributed by atoms with E-state index in [1.54, 1.807) is 12.4 Å². The molecule has 2 aromatic heterocycles. The predicted molar refractivity (Wildman–Crippen MR) is 84.5 cm³/mol. The lowest BCUT2D eigenvalue weighted by molar-refractivity contribution is 0.419. The largest absolute Gasteiger partial charge is 0.309 e. The molecule has 2 aromatic rings. The van der Waals surface area contributed by atoms with E-state index < -0.39 is 15.6 Å². The van der Waals surface area contributed by atoms with Crippen molar-refractivity contribution in [2.75, 3.05) is 12.8 Å². The van der Waals surface area contributed by atoms with Gasteiger partial charge in [0, 0.05) is 24.8 Å². The predicted octanol–water partition coefficient (Wildman–Crippen LogP) is 0.909. The molecule has 2 heterocycles. The number of aromatic nitrogens is 3. The molecule has 2 N–H and O–H groups in total. The molecule has 0 fully saturated rings. The Labute approximate surface area is 132 Å². The first kappa shape index (κ1) is 16.3. The maximum atomic E-state index is 11.3. The second-order valence-electron chi connectivity index (χ2n) is 5.55. The van der Waals surface area contributed by atoms with Crippen molar-refractivity contribution in [1.82, 2.24) is 24.4 Å². The molecule has 0 saturated carbocycles. The van der Waals surface area contributed by atoms with Crippen molar-refractivity contribution in [1.29, 1.82) is 0 Å². The lowest BCUT2D eigenvalue weighted by Gasteiger charge is -2.25. The summed E-state index contributed by atoms with van der Waals surface area (Å²) in [6.45, 7) is 4.73. The van der Waals surface area contributed by atoms with Gasteiger partial charge < -0.3 is 5.32 Å². The lowest BCUT2D eigenvalue weighted by atomic mass is 10.1. The van der Waals surface area contributed by atoms with Crippen molar-refractivity contribution in [2.24, 2.45) is 0 Å². The number of sulfonamides is 1. The highest BCUT2D eigenvalue weighted by Gasteiger charge is 2.21. The monoisotopic (exact) mass is 375 g/mol. The molecule has 0 aliphatic rings. The molecule has 0 atom stereocenters. The van der Waals surface area contributed by atoms with Crippen LogP contribution in [-0.2, 0) is 16.6 Å². The topological polar surface area (TPSA) is 88.4 Å². The molecular weight excluding hydrogens is 358 g/mol. The number of rotatable bonds is 6. The molecule has 0 bridgehead atoms. The fourth-order valence-electron chi connectivity index (χ4n) is 2.09. The zero-order chi connectivity index (χ0) is 15.7. The quantitative estimate of drug-likeness (QED) is 0.783. The van der Waals surface area contributed by atoms with Gasteiger partial charge in [-0.05, 0) is 29.8 Å². The smallest absolute Gasteiger partial charge is 0.209 e. The summed E-state index contributed by atoms with van der Waals surface area (Å²) >= 11 is 3.33. The highest BCUT2D eigenvalue weighted by Crippen LogP contribution is 2.11. The minimum absolute atomic E-state index is 0.500. The van der Waals surface area contributed by atoms with Crippen molar-refractivity contribution in [3.8, 4) is 0 Å². The van der Waals surface area contributed by atoms with Crippen LogP contribution in [0.25, 0.3) is 5.65 Å². The van der Waals surface area contributed by atoms with Crippen LogP contribution in [-0.4, -0.2) is 41.1 Å². The highest BCUT2D eigenvalue weighted by atomic mass is 79.9. The molecule has 21 heavy (non-hydrogen) atoms. The zero-order valence-corrected chi connectivity index (χ0v) is 14.5. The first-order valence-corrected chi connectivity index (χ1v) is 9.02. The Kier molecular flexibility index (Phi) is 4.66. The molecule has 0 unspecified atom stereocenters. The summed E-state index contributed by atoms with van der Waals surface area (Å²) in [6.07, 6.45) is 6.46. The maximum absolute atomic E-state index is 11.3. The summed E-state index contributed by atoms with van der Waals surface area (Å²) in [5.41, 5.74) is 1.18. The average Bonchev–Trinajstić information content (AvgIpc) is 2.68. The maximum Gasteiger partial charge on any atom is 0.209 e. The Morgan fingerprint density at radius 3 is 2.71 bits per heavy atom. The first-order chi connectivity index (χ1) is 9.66. The van der Waals surface area contributed by atoms with E-state index in [2.05, 4.69) is 35.9 Å². The molecule has 0 saturated heterocycles. The molecule has 7 nitrogen and oxygen atoms in total. The van der Waals surface area contributed by atoms with Crippen LogP contribution in [0.1, 0.15) is 19.5 Å². The van der Waals surface area contributed by atoms with Crippen LogP contribution in [0.4, 0.5) is 0 Å². The van der Waals surface area contributed by atoms with Crippen LogP contribution in [0.2, 0.25) is 0 Å². The third-order valence-electron chi connectivity index (χ3n) is 2.78. The molecule has 116 valence electrons. The fourth-order valence-corrected chi connectivity index (χ4v) is 3.47. The molecule has 0 spiro atoms. The van der Waals surface area contributed by atoms with Gasteiger partial charge >= 0.3 is 0 Å². The van der Waals surface area contributed by atoms with E-state index in [1.807, 2.05) is 24.4 Å². The average molecular weight is 376 g/mol. The molecule has 0 aliphatic heterocycles. The van der Waals surface area contributed by atoms with Gasteiger partial charge in [-0.25, -0.2) is 23.1 Å². The minimum atomic E-state index is -3.23. The normalized spacial score (nSPS) is 13.0. The van der Waals surface area contributed by atoms with Crippen molar-refractivity contribution >= 4 is 31.6 Å². The van der Waals surface area contributed by atoms with Gasteiger partial charge in [-0.2, -0.15) is 0 Å². The standard InChI is InChI=1S/C12H18BrN5O2S/c1-12(2,17-21(3,19)20)8-14-4-9-5-16-11-6-15-10(13)7-18(9)11/h5-7,14,17H,4,8H2,1-3H3. The Morgan fingerprint density at radius 1 is 1.33 bits per heavy atom. The van der Waals surface area contributed by atoms with Crippen molar-refractivity contribution in [2.45, 2.75) is 25.9 Å².